The highest BCUT2D eigenvalue weighted by Gasteiger charge is 2.22. The molecular weight excluding hydrogens is 807 g/mol. The predicted octanol–water partition coefficient (Wildman–Crippen LogP) is 5.51. The number of rotatable bonds is 14. The molecule has 0 aliphatic rings. The second-order valence-electron chi connectivity index (χ2n) is 11.9. The summed E-state index contributed by atoms with van der Waals surface area (Å²) < 4.78 is 107. The summed E-state index contributed by atoms with van der Waals surface area (Å²) >= 11 is 0. The molecule has 0 unspecified atom stereocenters. The van der Waals surface area contributed by atoms with Crippen LogP contribution in [0.2, 0.25) is 0 Å². The van der Waals surface area contributed by atoms with Crippen molar-refractivity contribution in [2.45, 2.75) is 21.1 Å². The number of aromatic nitrogens is 3. The van der Waals surface area contributed by atoms with Gasteiger partial charge in [0.1, 0.15) is 28.7 Å². The number of phenols is 1. The molecule has 22 heteroatoms. The number of nitrogens with zero attached hydrogens (tertiary/aromatic N) is 5. The number of carbonyl (C=O) groups excluding carboxylic acids is 1. The van der Waals surface area contributed by atoms with Crippen molar-refractivity contribution < 1.29 is 53.5 Å². The van der Waals surface area contributed by atoms with Crippen LogP contribution in [0.4, 0.5) is 29.0 Å². The van der Waals surface area contributed by atoms with E-state index in [-0.39, 0.29) is 75.4 Å². The number of azo groups is 1. The van der Waals surface area contributed by atoms with Gasteiger partial charge in [0.05, 0.1) is 22.0 Å². The van der Waals surface area contributed by atoms with Gasteiger partial charge in [0.25, 0.3) is 30.4 Å². The summed E-state index contributed by atoms with van der Waals surface area (Å²) in [5.41, 5.74) is -0.138. The number of esters is 1. The number of benzene rings is 5. The maximum atomic E-state index is 12.4. The Hall–Kier alpha value is -6.43. The minimum atomic E-state index is -4.83. The summed E-state index contributed by atoms with van der Waals surface area (Å²) in [6.07, 6.45) is 0.953. The van der Waals surface area contributed by atoms with E-state index < -0.39 is 51.9 Å². The maximum absolute atomic E-state index is 12.4. The summed E-state index contributed by atoms with van der Waals surface area (Å²) in [7, 11) is -14.1. The first kappa shape index (κ1) is 40.2. The highest BCUT2D eigenvalue weighted by molar-refractivity contribution is 7.86. The molecule has 0 bridgehead atoms. The molecule has 6 N–H and O–H groups in total. The van der Waals surface area contributed by atoms with E-state index >= 15 is 0 Å². The van der Waals surface area contributed by atoms with Gasteiger partial charge < -0.3 is 20.5 Å². The van der Waals surface area contributed by atoms with E-state index in [1.165, 1.54) is 48.5 Å². The smallest absolute Gasteiger partial charge is 0.330 e. The SMILES string of the molecule is C=CC(=O)OCCNc1nc(Cc2ccc(S(=O)(=O)O)cc2)nc(Nc2cc(S(=O)(=O)O)cc3ccc(/N=N/c4ccc5ccccc5c4S(=O)(=O)O)c(O)c23)n1. The lowest BCUT2D eigenvalue weighted by Gasteiger charge is -2.14. The third kappa shape index (κ3) is 9.52. The van der Waals surface area contributed by atoms with E-state index in [1.54, 1.807) is 24.3 Å². The van der Waals surface area contributed by atoms with Crippen LogP contribution in [-0.2, 0) is 46.3 Å². The minimum Gasteiger partial charge on any atom is -0.505 e. The summed E-state index contributed by atoms with van der Waals surface area (Å²) in [6, 6.07) is 19.1. The Balaban J connectivity index is 1.43. The summed E-state index contributed by atoms with van der Waals surface area (Å²) in [6.45, 7) is 3.21. The van der Waals surface area contributed by atoms with Gasteiger partial charge in [0.15, 0.2) is 5.75 Å². The Bertz CT molecular complexity index is 2940. The molecule has 0 radical (unpaired) electrons. The van der Waals surface area contributed by atoms with Crippen LogP contribution in [0.15, 0.2) is 122 Å². The molecular formula is C35H29N7O12S3. The van der Waals surface area contributed by atoms with Crippen molar-refractivity contribution in [2.24, 2.45) is 10.2 Å². The number of ether oxygens (including phenoxy) is 1. The fourth-order valence-electron chi connectivity index (χ4n) is 5.52. The van der Waals surface area contributed by atoms with Crippen molar-refractivity contribution in [3.8, 4) is 5.75 Å². The van der Waals surface area contributed by atoms with Gasteiger partial charge in [-0.05, 0) is 52.7 Å². The highest BCUT2D eigenvalue weighted by Crippen LogP contribution is 2.42. The Kier molecular flexibility index (Phi) is 11.3. The van der Waals surface area contributed by atoms with Crippen molar-refractivity contribution in [3.05, 3.63) is 109 Å². The van der Waals surface area contributed by atoms with Crippen LogP contribution in [0, 0.1) is 0 Å². The Morgan fingerprint density at radius 2 is 1.40 bits per heavy atom. The van der Waals surface area contributed by atoms with Crippen molar-refractivity contribution in [1.29, 1.82) is 0 Å². The molecule has 0 saturated carbocycles. The van der Waals surface area contributed by atoms with Gasteiger partial charge in [-0.2, -0.15) is 40.2 Å². The van der Waals surface area contributed by atoms with E-state index in [9.17, 15) is 48.8 Å². The zero-order valence-electron chi connectivity index (χ0n) is 29.0. The van der Waals surface area contributed by atoms with Crippen molar-refractivity contribution >= 4 is 86.8 Å². The lowest BCUT2D eigenvalue weighted by Crippen LogP contribution is -2.16. The molecule has 57 heavy (non-hydrogen) atoms. The molecule has 1 heterocycles. The Morgan fingerprint density at radius 3 is 2.09 bits per heavy atom. The Labute approximate surface area is 324 Å². The molecule has 6 rings (SSSR count). The van der Waals surface area contributed by atoms with E-state index in [2.05, 4.69) is 42.4 Å². The zero-order chi connectivity index (χ0) is 41.1. The van der Waals surface area contributed by atoms with Crippen LogP contribution >= 0.6 is 0 Å². The molecule has 0 amide bonds. The van der Waals surface area contributed by atoms with Gasteiger partial charge in [-0.25, -0.2) is 4.79 Å². The van der Waals surface area contributed by atoms with E-state index in [0.29, 0.717) is 10.9 Å². The van der Waals surface area contributed by atoms with E-state index in [0.717, 1.165) is 18.2 Å². The number of nitrogens with one attached hydrogen (secondary N) is 2. The average Bonchev–Trinajstić information content (AvgIpc) is 3.14. The molecule has 0 fully saturated rings. The van der Waals surface area contributed by atoms with Crippen LogP contribution in [0.5, 0.6) is 5.75 Å². The van der Waals surface area contributed by atoms with E-state index in [4.69, 9.17) is 4.74 Å². The number of phenolic OH excluding ortho intramolecular Hbond substituents is 1. The summed E-state index contributed by atoms with van der Waals surface area (Å²) in [5, 5.41) is 25.9. The monoisotopic (exact) mass is 835 g/mol. The molecule has 6 aromatic rings. The molecule has 0 aliphatic heterocycles. The third-order valence-corrected chi connectivity index (χ3v) is 10.7. The molecule has 294 valence electrons. The van der Waals surface area contributed by atoms with Gasteiger partial charge in [0, 0.05) is 23.3 Å². The first-order valence-corrected chi connectivity index (χ1v) is 20.5. The lowest BCUT2D eigenvalue weighted by atomic mass is 10.1. The quantitative estimate of drug-likeness (QED) is 0.0259. The topological polar surface area (TPSA) is 297 Å². The molecule has 0 saturated heterocycles. The van der Waals surface area contributed by atoms with Crippen molar-refractivity contribution in [1.82, 2.24) is 15.0 Å². The standard InChI is InChI=1S/C35H29N7O12S3/c1-2-30(43)54-16-15-36-34-38-29(17-20-7-11-23(12-8-20)55(45,46)47)39-35(40-34)37-28-19-24(56(48,49)50)18-22-10-13-26(32(44)31(22)28)41-42-27-14-9-21-5-3-4-6-25(21)33(27)57(51,52)53/h2-14,18-19,44H,1,15-17H2,(H,45,46,47)(H,48,49,50)(H,51,52,53)(H2,36,37,38,39,40)/b42-41+. The maximum Gasteiger partial charge on any atom is 0.330 e. The highest BCUT2D eigenvalue weighted by atomic mass is 32.2. The number of hydrogen-bond acceptors (Lipinski definition) is 16. The van der Waals surface area contributed by atoms with Gasteiger partial charge in [-0.15, -0.1) is 10.2 Å². The first-order valence-electron chi connectivity index (χ1n) is 16.2. The van der Waals surface area contributed by atoms with Crippen LogP contribution in [0.3, 0.4) is 0 Å². The minimum absolute atomic E-state index is 0.0123. The fourth-order valence-corrected chi connectivity index (χ4v) is 7.37. The van der Waals surface area contributed by atoms with Crippen LogP contribution in [0.25, 0.3) is 21.5 Å². The molecule has 19 nitrogen and oxygen atoms in total. The van der Waals surface area contributed by atoms with Crippen molar-refractivity contribution in [2.75, 3.05) is 23.8 Å². The van der Waals surface area contributed by atoms with Gasteiger partial charge >= 0.3 is 5.97 Å². The van der Waals surface area contributed by atoms with E-state index in [1.807, 2.05) is 0 Å². The molecule has 0 spiro atoms. The number of aromatic hydroxyl groups is 1. The second-order valence-corrected chi connectivity index (χ2v) is 16.1. The first-order chi connectivity index (χ1) is 26.9. The molecule has 5 aromatic carbocycles. The Morgan fingerprint density at radius 1 is 0.754 bits per heavy atom. The number of anilines is 3. The molecule has 0 atom stereocenters. The summed E-state index contributed by atoms with van der Waals surface area (Å²) in [5.74, 6) is -1.47. The number of carbonyl (C=O) groups is 1. The third-order valence-electron chi connectivity index (χ3n) is 8.03. The number of fused-ring (bicyclic) bond motifs is 2. The average molecular weight is 836 g/mol. The summed E-state index contributed by atoms with van der Waals surface area (Å²) in [4.78, 5) is 23.1. The molecule has 1 aromatic heterocycles. The number of hydrogen-bond donors (Lipinski definition) is 6. The van der Waals surface area contributed by atoms with Crippen LogP contribution in [0.1, 0.15) is 11.4 Å². The normalized spacial score (nSPS) is 12.2. The molecule has 0 aliphatic carbocycles. The second kappa shape index (κ2) is 16.0. The van der Waals surface area contributed by atoms with Gasteiger partial charge in [0.2, 0.25) is 11.9 Å². The van der Waals surface area contributed by atoms with Crippen LogP contribution in [-0.4, -0.2) is 78.1 Å². The predicted molar refractivity (Wildman–Crippen MR) is 205 cm³/mol. The zero-order valence-corrected chi connectivity index (χ0v) is 31.5. The lowest BCUT2D eigenvalue weighted by molar-refractivity contribution is -0.137. The largest absolute Gasteiger partial charge is 0.505 e. The van der Waals surface area contributed by atoms with Gasteiger partial charge in [-0.1, -0.05) is 55.1 Å². The fraction of sp³-hybridized carbons (Fsp3) is 0.0857. The van der Waals surface area contributed by atoms with Crippen LogP contribution < -0.4 is 10.6 Å². The van der Waals surface area contributed by atoms with Gasteiger partial charge in [-0.3, -0.25) is 13.7 Å². The van der Waals surface area contributed by atoms with Crippen molar-refractivity contribution in [3.63, 3.8) is 0 Å².